The third kappa shape index (κ3) is 2.98. The van der Waals surface area contributed by atoms with Gasteiger partial charge in [-0.25, -0.2) is 0 Å². The van der Waals surface area contributed by atoms with E-state index in [0.717, 1.165) is 30.7 Å². The van der Waals surface area contributed by atoms with E-state index in [1.807, 2.05) is 0 Å². The van der Waals surface area contributed by atoms with Gasteiger partial charge in [0, 0.05) is 11.7 Å². The minimum Gasteiger partial charge on any atom is -0.382 e. The van der Waals surface area contributed by atoms with Crippen molar-refractivity contribution in [3.8, 4) is 0 Å². The maximum absolute atomic E-state index is 12.4. The minimum absolute atomic E-state index is 0.409. The Morgan fingerprint density at radius 2 is 1.83 bits per heavy atom. The molecule has 0 saturated heterocycles. The van der Waals surface area contributed by atoms with Gasteiger partial charge in [-0.15, -0.1) is 0 Å². The molecule has 1 nitrogen and oxygen atoms in total. The molecule has 0 bridgehead atoms. The Hall–Kier alpha value is -1.19. The third-order valence-corrected chi connectivity index (χ3v) is 3.75. The first kappa shape index (κ1) is 13.2. The SMILES string of the molecule is CCC1CCCC1Nc1ccc(C(F)(F)F)cc1. The molecule has 1 fully saturated rings. The Labute approximate surface area is 105 Å². The summed E-state index contributed by atoms with van der Waals surface area (Å²) in [7, 11) is 0. The lowest BCUT2D eigenvalue weighted by molar-refractivity contribution is -0.137. The van der Waals surface area contributed by atoms with Crippen LogP contribution in [0.4, 0.5) is 18.9 Å². The Morgan fingerprint density at radius 1 is 1.17 bits per heavy atom. The maximum Gasteiger partial charge on any atom is 0.416 e. The van der Waals surface area contributed by atoms with Gasteiger partial charge < -0.3 is 5.32 Å². The molecule has 18 heavy (non-hydrogen) atoms. The molecule has 0 aliphatic heterocycles. The first-order valence-corrected chi connectivity index (χ1v) is 6.44. The predicted molar refractivity (Wildman–Crippen MR) is 66.5 cm³/mol. The van der Waals surface area contributed by atoms with Crippen LogP contribution in [0.1, 0.15) is 38.2 Å². The fourth-order valence-corrected chi connectivity index (χ4v) is 2.69. The van der Waals surface area contributed by atoms with Crippen LogP contribution in [0.15, 0.2) is 24.3 Å². The van der Waals surface area contributed by atoms with Crippen LogP contribution in [-0.2, 0) is 6.18 Å². The summed E-state index contributed by atoms with van der Waals surface area (Å²) in [6.45, 7) is 2.16. The molecule has 100 valence electrons. The average molecular weight is 257 g/mol. The van der Waals surface area contributed by atoms with Crippen molar-refractivity contribution in [2.45, 2.75) is 44.8 Å². The molecule has 0 amide bonds. The van der Waals surface area contributed by atoms with Gasteiger partial charge in [0.2, 0.25) is 0 Å². The minimum atomic E-state index is -4.25. The smallest absolute Gasteiger partial charge is 0.382 e. The van der Waals surface area contributed by atoms with Crippen molar-refractivity contribution in [2.24, 2.45) is 5.92 Å². The molecule has 1 aromatic rings. The molecule has 0 radical (unpaired) electrons. The highest BCUT2D eigenvalue weighted by molar-refractivity contribution is 5.46. The number of hydrogen-bond acceptors (Lipinski definition) is 1. The zero-order chi connectivity index (χ0) is 13.2. The Bertz CT molecular complexity index is 383. The second-order valence-electron chi connectivity index (χ2n) is 4.93. The van der Waals surface area contributed by atoms with Crippen molar-refractivity contribution in [3.05, 3.63) is 29.8 Å². The van der Waals surface area contributed by atoms with Crippen LogP contribution in [-0.4, -0.2) is 6.04 Å². The van der Waals surface area contributed by atoms with Gasteiger partial charge in [-0.05, 0) is 43.0 Å². The van der Waals surface area contributed by atoms with Gasteiger partial charge in [0.05, 0.1) is 5.56 Å². The first-order valence-electron chi connectivity index (χ1n) is 6.44. The molecule has 1 saturated carbocycles. The van der Waals surface area contributed by atoms with Crippen LogP contribution >= 0.6 is 0 Å². The first-order chi connectivity index (χ1) is 8.50. The lowest BCUT2D eigenvalue weighted by atomic mass is 10.0. The van der Waals surface area contributed by atoms with E-state index in [9.17, 15) is 13.2 Å². The van der Waals surface area contributed by atoms with E-state index in [4.69, 9.17) is 0 Å². The van der Waals surface area contributed by atoms with Gasteiger partial charge in [-0.2, -0.15) is 13.2 Å². The van der Waals surface area contributed by atoms with E-state index >= 15 is 0 Å². The van der Waals surface area contributed by atoms with E-state index < -0.39 is 11.7 Å². The number of halogens is 3. The van der Waals surface area contributed by atoms with Gasteiger partial charge in [-0.1, -0.05) is 19.8 Å². The molecule has 1 N–H and O–H groups in total. The van der Waals surface area contributed by atoms with Crippen molar-refractivity contribution >= 4 is 5.69 Å². The van der Waals surface area contributed by atoms with Crippen molar-refractivity contribution in [1.82, 2.24) is 0 Å². The molecule has 1 aliphatic rings. The summed E-state index contributed by atoms with van der Waals surface area (Å²) in [6.07, 6.45) is 0.404. The molecule has 4 heteroatoms. The fraction of sp³-hybridized carbons (Fsp3) is 0.571. The van der Waals surface area contributed by atoms with Gasteiger partial charge in [0.15, 0.2) is 0 Å². The van der Waals surface area contributed by atoms with E-state index in [0.29, 0.717) is 12.0 Å². The highest BCUT2D eigenvalue weighted by atomic mass is 19.4. The summed E-state index contributed by atoms with van der Waals surface area (Å²) in [4.78, 5) is 0. The van der Waals surface area contributed by atoms with Gasteiger partial charge in [0.1, 0.15) is 0 Å². The number of alkyl halides is 3. The van der Waals surface area contributed by atoms with E-state index in [2.05, 4.69) is 12.2 Å². The molecule has 0 spiro atoms. The summed E-state index contributed by atoms with van der Waals surface area (Å²) in [5.41, 5.74) is 0.194. The average Bonchev–Trinajstić information content (AvgIpc) is 2.76. The molecule has 1 aromatic carbocycles. The molecular formula is C14H18F3N. The highest BCUT2D eigenvalue weighted by Gasteiger charge is 2.30. The fourth-order valence-electron chi connectivity index (χ4n) is 2.69. The largest absolute Gasteiger partial charge is 0.416 e. The number of hydrogen-bond donors (Lipinski definition) is 1. The lowest BCUT2D eigenvalue weighted by Crippen LogP contribution is -2.23. The molecular weight excluding hydrogens is 239 g/mol. The number of rotatable bonds is 3. The van der Waals surface area contributed by atoms with Crippen LogP contribution in [0.5, 0.6) is 0 Å². The molecule has 2 rings (SSSR count). The lowest BCUT2D eigenvalue weighted by Gasteiger charge is -2.21. The second kappa shape index (κ2) is 5.21. The summed E-state index contributed by atoms with van der Waals surface area (Å²) in [5, 5.41) is 3.35. The summed E-state index contributed by atoms with van der Waals surface area (Å²) in [6, 6.07) is 5.73. The molecule has 0 aromatic heterocycles. The van der Waals surface area contributed by atoms with Gasteiger partial charge >= 0.3 is 6.18 Å². The van der Waals surface area contributed by atoms with Crippen molar-refractivity contribution in [2.75, 3.05) is 5.32 Å². The summed E-state index contributed by atoms with van der Waals surface area (Å²) >= 11 is 0. The Morgan fingerprint density at radius 3 is 2.39 bits per heavy atom. The van der Waals surface area contributed by atoms with Crippen LogP contribution in [0.3, 0.4) is 0 Å². The number of nitrogens with one attached hydrogen (secondary N) is 1. The van der Waals surface area contributed by atoms with Crippen molar-refractivity contribution in [3.63, 3.8) is 0 Å². The zero-order valence-electron chi connectivity index (χ0n) is 10.4. The quantitative estimate of drug-likeness (QED) is 0.827. The van der Waals surface area contributed by atoms with Gasteiger partial charge in [0.25, 0.3) is 0 Å². The zero-order valence-corrected chi connectivity index (χ0v) is 10.4. The molecule has 1 aliphatic carbocycles. The summed E-state index contributed by atoms with van der Waals surface area (Å²) in [5.74, 6) is 0.646. The summed E-state index contributed by atoms with van der Waals surface area (Å²) < 4.78 is 37.3. The van der Waals surface area contributed by atoms with E-state index in [-0.39, 0.29) is 0 Å². The predicted octanol–water partition coefficient (Wildman–Crippen LogP) is 4.70. The topological polar surface area (TPSA) is 12.0 Å². The van der Waals surface area contributed by atoms with E-state index in [1.54, 1.807) is 0 Å². The van der Waals surface area contributed by atoms with Crippen molar-refractivity contribution < 1.29 is 13.2 Å². The Balaban J connectivity index is 2.02. The van der Waals surface area contributed by atoms with Crippen LogP contribution in [0.2, 0.25) is 0 Å². The molecule has 2 unspecified atom stereocenters. The Kier molecular flexibility index (Phi) is 3.83. The molecule has 2 atom stereocenters. The monoisotopic (exact) mass is 257 g/mol. The van der Waals surface area contributed by atoms with Gasteiger partial charge in [-0.3, -0.25) is 0 Å². The number of benzene rings is 1. The van der Waals surface area contributed by atoms with Crippen LogP contribution in [0.25, 0.3) is 0 Å². The highest BCUT2D eigenvalue weighted by Crippen LogP contribution is 2.32. The maximum atomic E-state index is 12.4. The number of anilines is 1. The molecule has 0 heterocycles. The third-order valence-electron chi connectivity index (χ3n) is 3.75. The van der Waals surface area contributed by atoms with E-state index in [1.165, 1.54) is 25.0 Å². The van der Waals surface area contributed by atoms with Crippen LogP contribution < -0.4 is 5.32 Å². The van der Waals surface area contributed by atoms with Crippen LogP contribution in [0, 0.1) is 5.92 Å². The standard InChI is InChI=1S/C14H18F3N/c1-2-10-4-3-5-13(10)18-12-8-6-11(7-9-12)14(15,16)17/h6-10,13,18H,2-5H2,1H3. The second-order valence-corrected chi connectivity index (χ2v) is 4.93. The van der Waals surface area contributed by atoms with Crippen molar-refractivity contribution in [1.29, 1.82) is 0 Å². The normalized spacial score (nSPS) is 24.2.